The fourth-order valence-corrected chi connectivity index (χ4v) is 7.65. The van der Waals surface area contributed by atoms with Crippen LogP contribution in [0.4, 0.5) is 0 Å². The van der Waals surface area contributed by atoms with Crippen molar-refractivity contribution in [1.29, 1.82) is 0 Å². The van der Waals surface area contributed by atoms with Gasteiger partial charge < -0.3 is 10.2 Å². The van der Waals surface area contributed by atoms with Crippen LogP contribution in [0.3, 0.4) is 0 Å². The zero-order chi connectivity index (χ0) is 17.3. The minimum atomic E-state index is -0.517. The molecular weight excluding hydrogens is 300 g/mol. The summed E-state index contributed by atoms with van der Waals surface area (Å²) in [6.07, 6.45) is 8.37. The van der Waals surface area contributed by atoms with Gasteiger partial charge in [0.05, 0.1) is 12.2 Å². The third-order valence-corrected chi connectivity index (χ3v) is 9.44. The molecule has 136 valence electrons. The fourth-order valence-electron chi connectivity index (χ4n) is 7.65. The van der Waals surface area contributed by atoms with Crippen molar-refractivity contribution in [3.05, 3.63) is 0 Å². The van der Waals surface area contributed by atoms with E-state index in [1.807, 2.05) is 0 Å². The lowest BCUT2D eigenvalue weighted by molar-refractivity contribution is -0.160. The lowest BCUT2D eigenvalue weighted by atomic mass is 9.44. The Morgan fingerprint density at radius 2 is 1.75 bits per heavy atom. The third kappa shape index (κ3) is 2.06. The molecule has 2 N–H and O–H groups in total. The molecule has 0 saturated heterocycles. The normalized spacial score (nSPS) is 57.2. The van der Waals surface area contributed by atoms with Crippen LogP contribution in [0.2, 0.25) is 0 Å². The van der Waals surface area contributed by atoms with Crippen molar-refractivity contribution >= 4 is 5.78 Å². The molecule has 0 aromatic rings. The molecule has 8 atom stereocenters. The molecule has 24 heavy (non-hydrogen) atoms. The van der Waals surface area contributed by atoms with Gasteiger partial charge in [-0.3, -0.25) is 4.79 Å². The van der Waals surface area contributed by atoms with E-state index in [0.717, 1.165) is 32.1 Å². The van der Waals surface area contributed by atoms with Gasteiger partial charge >= 0.3 is 0 Å². The zero-order valence-corrected chi connectivity index (χ0v) is 15.6. The number of hydrogen-bond donors (Lipinski definition) is 2. The number of aliphatic hydroxyl groups excluding tert-OH is 1. The van der Waals surface area contributed by atoms with Gasteiger partial charge in [-0.2, -0.15) is 0 Å². The van der Waals surface area contributed by atoms with Gasteiger partial charge in [0.25, 0.3) is 0 Å². The van der Waals surface area contributed by atoms with E-state index in [4.69, 9.17) is 0 Å². The summed E-state index contributed by atoms with van der Waals surface area (Å²) in [5.74, 6) is 2.68. The molecule has 0 spiro atoms. The summed E-state index contributed by atoms with van der Waals surface area (Å²) in [5.41, 5.74) is -0.241. The molecule has 0 aliphatic heterocycles. The van der Waals surface area contributed by atoms with Crippen LogP contribution in [-0.4, -0.2) is 28.2 Å². The molecule has 3 nitrogen and oxygen atoms in total. The summed E-state index contributed by atoms with van der Waals surface area (Å²) < 4.78 is 0. The highest BCUT2D eigenvalue weighted by molar-refractivity contribution is 5.82. The molecule has 4 aliphatic carbocycles. The molecule has 4 aliphatic rings. The first-order valence-electron chi connectivity index (χ1n) is 10.1. The monoisotopic (exact) mass is 334 g/mol. The number of ketones is 1. The average Bonchev–Trinajstić information content (AvgIpc) is 2.77. The Morgan fingerprint density at radius 3 is 2.46 bits per heavy atom. The van der Waals surface area contributed by atoms with Crippen LogP contribution in [0.25, 0.3) is 0 Å². The minimum Gasteiger partial charge on any atom is -0.396 e. The Kier molecular flexibility index (Phi) is 3.76. The van der Waals surface area contributed by atoms with Gasteiger partial charge in [-0.15, -0.1) is 0 Å². The predicted octanol–water partition coefficient (Wildman–Crippen LogP) is 3.57. The maximum absolute atomic E-state index is 12.3. The molecule has 0 radical (unpaired) electrons. The SMILES string of the molecule is C[C@]12C[C@H](CO)C(=O)C[C@H]1CC[C@@H]1[C@@H]2CC[C@@]2(C)[C@H]1CC[C@@]2(C)O. The van der Waals surface area contributed by atoms with E-state index < -0.39 is 5.60 Å². The van der Waals surface area contributed by atoms with E-state index in [2.05, 4.69) is 20.8 Å². The molecule has 0 aromatic carbocycles. The van der Waals surface area contributed by atoms with Gasteiger partial charge in [-0.05, 0) is 86.4 Å². The van der Waals surface area contributed by atoms with Crippen molar-refractivity contribution in [1.82, 2.24) is 0 Å². The summed E-state index contributed by atoms with van der Waals surface area (Å²) in [4.78, 5) is 12.3. The fraction of sp³-hybridized carbons (Fsp3) is 0.952. The van der Waals surface area contributed by atoms with E-state index in [1.165, 1.54) is 12.8 Å². The Labute approximate surface area is 146 Å². The first-order chi connectivity index (χ1) is 11.2. The quantitative estimate of drug-likeness (QED) is 0.771. The number of aliphatic hydroxyl groups is 2. The molecule has 4 fully saturated rings. The van der Waals surface area contributed by atoms with E-state index in [1.54, 1.807) is 0 Å². The van der Waals surface area contributed by atoms with Crippen LogP contribution in [0.5, 0.6) is 0 Å². The third-order valence-electron chi connectivity index (χ3n) is 9.44. The Hall–Kier alpha value is -0.410. The van der Waals surface area contributed by atoms with Crippen molar-refractivity contribution in [2.45, 2.75) is 77.7 Å². The maximum Gasteiger partial charge on any atom is 0.138 e. The van der Waals surface area contributed by atoms with Crippen molar-refractivity contribution in [3.63, 3.8) is 0 Å². The van der Waals surface area contributed by atoms with Crippen LogP contribution < -0.4 is 0 Å². The zero-order valence-electron chi connectivity index (χ0n) is 15.6. The van der Waals surface area contributed by atoms with E-state index >= 15 is 0 Å². The van der Waals surface area contributed by atoms with Crippen LogP contribution >= 0.6 is 0 Å². The summed E-state index contributed by atoms with van der Waals surface area (Å²) in [7, 11) is 0. The number of Topliss-reactive ketones (excluding diaryl/α,β-unsaturated/α-hetero) is 1. The molecule has 4 saturated carbocycles. The molecule has 0 aromatic heterocycles. The van der Waals surface area contributed by atoms with Crippen molar-refractivity contribution in [2.75, 3.05) is 6.61 Å². The summed E-state index contributed by atoms with van der Waals surface area (Å²) >= 11 is 0. The Morgan fingerprint density at radius 1 is 1.04 bits per heavy atom. The smallest absolute Gasteiger partial charge is 0.138 e. The van der Waals surface area contributed by atoms with E-state index in [-0.39, 0.29) is 23.4 Å². The maximum atomic E-state index is 12.3. The van der Waals surface area contributed by atoms with Crippen molar-refractivity contribution in [3.8, 4) is 0 Å². The minimum absolute atomic E-state index is 0.0222. The highest BCUT2D eigenvalue weighted by atomic mass is 16.3. The number of hydrogen-bond acceptors (Lipinski definition) is 3. The lowest BCUT2D eigenvalue weighted by Gasteiger charge is -2.61. The van der Waals surface area contributed by atoms with E-state index in [9.17, 15) is 15.0 Å². The second kappa shape index (κ2) is 5.30. The molecular formula is C21H34O3. The van der Waals surface area contributed by atoms with Crippen LogP contribution in [-0.2, 0) is 4.79 Å². The molecule has 0 amide bonds. The van der Waals surface area contributed by atoms with Gasteiger partial charge in [0.15, 0.2) is 0 Å². The lowest BCUT2D eigenvalue weighted by Crippen LogP contribution is -2.57. The van der Waals surface area contributed by atoms with Gasteiger partial charge in [0.2, 0.25) is 0 Å². The number of carbonyl (C=O) groups excluding carboxylic acids is 1. The molecule has 0 unspecified atom stereocenters. The number of rotatable bonds is 1. The van der Waals surface area contributed by atoms with Gasteiger partial charge in [-0.25, -0.2) is 0 Å². The second-order valence-corrected chi connectivity index (χ2v) is 10.2. The van der Waals surface area contributed by atoms with Crippen LogP contribution in [0, 0.1) is 40.4 Å². The Bertz CT molecular complexity index is 541. The Balaban J connectivity index is 1.65. The molecule has 0 bridgehead atoms. The summed E-state index contributed by atoms with van der Waals surface area (Å²) in [6.45, 7) is 6.83. The van der Waals surface area contributed by atoms with E-state index in [0.29, 0.717) is 35.9 Å². The molecule has 0 heterocycles. The van der Waals surface area contributed by atoms with Gasteiger partial charge in [0, 0.05) is 12.3 Å². The highest BCUT2D eigenvalue weighted by Gasteiger charge is 2.63. The largest absolute Gasteiger partial charge is 0.396 e. The highest BCUT2D eigenvalue weighted by Crippen LogP contribution is 2.68. The topological polar surface area (TPSA) is 57.5 Å². The molecule has 3 heteroatoms. The first-order valence-corrected chi connectivity index (χ1v) is 10.1. The average molecular weight is 335 g/mol. The number of fused-ring (bicyclic) bond motifs is 5. The van der Waals surface area contributed by atoms with Crippen LogP contribution in [0.15, 0.2) is 0 Å². The first kappa shape index (κ1) is 17.0. The molecule has 4 rings (SSSR count). The van der Waals surface area contributed by atoms with Crippen LogP contribution in [0.1, 0.15) is 72.1 Å². The summed E-state index contributed by atoms with van der Waals surface area (Å²) in [6, 6.07) is 0. The van der Waals surface area contributed by atoms with Gasteiger partial charge in [-0.1, -0.05) is 13.8 Å². The number of carbonyl (C=O) groups is 1. The second-order valence-electron chi connectivity index (χ2n) is 10.2. The van der Waals surface area contributed by atoms with Gasteiger partial charge in [0.1, 0.15) is 5.78 Å². The predicted molar refractivity (Wildman–Crippen MR) is 93.3 cm³/mol. The standard InChI is InChI=1S/C21H34O3/c1-19-11-13(12-22)18(23)10-14(19)4-5-15-16(19)6-8-20(2)17(15)7-9-21(20,3)24/h13-17,22,24H,4-12H2,1-3H3/t13-,14-,15-,16+,17+,19+,20+,21-/m1/s1. The summed E-state index contributed by atoms with van der Waals surface area (Å²) in [5, 5.41) is 20.6. The van der Waals surface area contributed by atoms with Crippen molar-refractivity contribution in [2.24, 2.45) is 40.4 Å². The van der Waals surface area contributed by atoms with Crippen molar-refractivity contribution < 1.29 is 15.0 Å².